The molecule has 0 unspecified atom stereocenters. The molecular formula is C22H23NS. The molecule has 4 rings (SSSR count). The third kappa shape index (κ3) is 2.87. The van der Waals surface area contributed by atoms with Crippen LogP contribution in [0, 0.1) is 0 Å². The Morgan fingerprint density at radius 3 is 2.62 bits per heavy atom. The monoisotopic (exact) mass is 333 g/mol. The normalized spacial score (nSPS) is 11.5. The van der Waals surface area contributed by atoms with Crippen molar-refractivity contribution in [3.05, 3.63) is 59.5 Å². The van der Waals surface area contributed by atoms with E-state index >= 15 is 0 Å². The second-order valence-electron chi connectivity index (χ2n) is 6.48. The molecule has 0 bridgehead atoms. The van der Waals surface area contributed by atoms with E-state index in [-0.39, 0.29) is 0 Å². The molecule has 0 radical (unpaired) electrons. The summed E-state index contributed by atoms with van der Waals surface area (Å²) in [4.78, 5) is 6.50. The molecule has 0 aliphatic heterocycles. The molecule has 0 amide bonds. The first-order chi connectivity index (χ1) is 11.9. The number of aryl methyl sites for hydroxylation is 1. The summed E-state index contributed by atoms with van der Waals surface area (Å²) in [5, 5.41) is 2.63. The lowest BCUT2D eigenvalue weighted by atomic mass is 10.1. The van der Waals surface area contributed by atoms with Crippen LogP contribution in [0.4, 0.5) is 0 Å². The Morgan fingerprint density at radius 1 is 0.833 bits per heavy atom. The van der Waals surface area contributed by atoms with Crippen molar-refractivity contribution >= 4 is 33.1 Å². The maximum atomic E-state index is 3.62. The quantitative estimate of drug-likeness (QED) is 0.360. The van der Waals surface area contributed by atoms with Gasteiger partial charge in [0.05, 0.1) is 5.52 Å². The van der Waals surface area contributed by atoms with Gasteiger partial charge in [-0.25, -0.2) is 0 Å². The van der Waals surface area contributed by atoms with E-state index in [0.29, 0.717) is 0 Å². The van der Waals surface area contributed by atoms with Gasteiger partial charge in [-0.2, -0.15) is 0 Å². The summed E-state index contributed by atoms with van der Waals surface area (Å²) in [6, 6.07) is 19.8. The molecule has 2 heteroatoms. The SMILES string of the molecule is CCCCCCc1ccc(-c2cccc3c2[nH]c2ccccc23)s1. The molecule has 1 nitrogen and oxygen atoms in total. The number of hydrogen-bond acceptors (Lipinski definition) is 1. The van der Waals surface area contributed by atoms with Crippen molar-refractivity contribution in [2.45, 2.75) is 39.0 Å². The molecule has 1 N–H and O–H groups in total. The van der Waals surface area contributed by atoms with Gasteiger partial charge in [0, 0.05) is 31.6 Å². The number of nitrogens with one attached hydrogen (secondary N) is 1. The Hall–Kier alpha value is -2.06. The first-order valence-corrected chi connectivity index (χ1v) is 9.77. The molecule has 0 saturated carbocycles. The van der Waals surface area contributed by atoms with Crippen LogP contribution in [0.15, 0.2) is 54.6 Å². The first-order valence-electron chi connectivity index (χ1n) is 8.95. The summed E-state index contributed by atoms with van der Waals surface area (Å²) in [6.07, 6.45) is 6.53. The zero-order chi connectivity index (χ0) is 16.4. The number of H-pyrrole nitrogens is 1. The van der Waals surface area contributed by atoms with Gasteiger partial charge in [0.2, 0.25) is 0 Å². The van der Waals surface area contributed by atoms with Crippen LogP contribution in [-0.4, -0.2) is 4.98 Å². The fourth-order valence-electron chi connectivity index (χ4n) is 3.46. The van der Waals surface area contributed by atoms with Gasteiger partial charge in [0.1, 0.15) is 0 Å². The summed E-state index contributed by atoms with van der Waals surface area (Å²) in [5.74, 6) is 0. The van der Waals surface area contributed by atoms with Crippen LogP contribution in [-0.2, 0) is 6.42 Å². The number of fused-ring (bicyclic) bond motifs is 3. The second kappa shape index (κ2) is 6.82. The molecule has 0 atom stereocenters. The van der Waals surface area contributed by atoms with Gasteiger partial charge in [0.15, 0.2) is 0 Å². The zero-order valence-electron chi connectivity index (χ0n) is 14.1. The molecule has 2 aromatic carbocycles. The van der Waals surface area contributed by atoms with Crippen molar-refractivity contribution in [1.29, 1.82) is 0 Å². The lowest BCUT2D eigenvalue weighted by Gasteiger charge is -2.00. The van der Waals surface area contributed by atoms with Gasteiger partial charge < -0.3 is 4.98 Å². The van der Waals surface area contributed by atoms with E-state index in [2.05, 4.69) is 66.5 Å². The maximum absolute atomic E-state index is 3.62. The molecule has 0 saturated heterocycles. The fourth-order valence-corrected chi connectivity index (χ4v) is 4.54. The van der Waals surface area contributed by atoms with Crippen molar-refractivity contribution in [2.75, 3.05) is 0 Å². The van der Waals surface area contributed by atoms with E-state index in [1.807, 2.05) is 11.3 Å². The summed E-state index contributed by atoms with van der Waals surface area (Å²) in [5.41, 5.74) is 3.81. The van der Waals surface area contributed by atoms with Crippen LogP contribution < -0.4 is 0 Å². The zero-order valence-corrected chi connectivity index (χ0v) is 15.0. The third-order valence-electron chi connectivity index (χ3n) is 4.75. The van der Waals surface area contributed by atoms with E-state index in [9.17, 15) is 0 Å². The van der Waals surface area contributed by atoms with Gasteiger partial charge >= 0.3 is 0 Å². The van der Waals surface area contributed by atoms with Gasteiger partial charge in [-0.05, 0) is 31.0 Å². The molecule has 122 valence electrons. The Bertz CT molecular complexity index is 960. The molecule has 0 aliphatic carbocycles. The highest BCUT2D eigenvalue weighted by Gasteiger charge is 2.11. The maximum Gasteiger partial charge on any atom is 0.0552 e. The van der Waals surface area contributed by atoms with Crippen LogP contribution >= 0.6 is 11.3 Å². The minimum atomic E-state index is 1.22. The van der Waals surface area contributed by atoms with Crippen LogP contribution in [0.1, 0.15) is 37.5 Å². The Balaban J connectivity index is 1.68. The van der Waals surface area contributed by atoms with E-state index in [1.165, 1.54) is 69.2 Å². The van der Waals surface area contributed by atoms with Crippen molar-refractivity contribution in [3.63, 3.8) is 0 Å². The number of aromatic nitrogens is 1. The third-order valence-corrected chi connectivity index (χ3v) is 5.92. The predicted octanol–water partition coefficient (Wildman–Crippen LogP) is 7.17. The van der Waals surface area contributed by atoms with E-state index in [4.69, 9.17) is 0 Å². The van der Waals surface area contributed by atoms with E-state index in [0.717, 1.165) is 0 Å². The summed E-state index contributed by atoms with van der Waals surface area (Å²) in [6.45, 7) is 2.27. The number of aromatic amines is 1. The van der Waals surface area contributed by atoms with Gasteiger partial charge in [-0.15, -0.1) is 11.3 Å². The van der Waals surface area contributed by atoms with E-state index in [1.54, 1.807) is 0 Å². The molecule has 0 fully saturated rings. The molecule has 0 spiro atoms. The molecule has 0 aliphatic rings. The number of hydrogen-bond donors (Lipinski definition) is 1. The Morgan fingerprint density at radius 2 is 1.71 bits per heavy atom. The lowest BCUT2D eigenvalue weighted by Crippen LogP contribution is -1.80. The molecule has 2 aromatic heterocycles. The topological polar surface area (TPSA) is 15.8 Å². The average molecular weight is 334 g/mol. The van der Waals surface area contributed by atoms with Crippen LogP contribution in [0.25, 0.3) is 32.2 Å². The number of unbranched alkanes of at least 4 members (excludes halogenated alkanes) is 3. The highest BCUT2D eigenvalue weighted by atomic mass is 32.1. The van der Waals surface area contributed by atoms with Crippen molar-refractivity contribution in [1.82, 2.24) is 4.98 Å². The average Bonchev–Trinajstić information content (AvgIpc) is 3.23. The smallest absolute Gasteiger partial charge is 0.0552 e. The van der Waals surface area contributed by atoms with Crippen LogP contribution in [0.2, 0.25) is 0 Å². The van der Waals surface area contributed by atoms with Gasteiger partial charge in [0.25, 0.3) is 0 Å². The number of thiophene rings is 1. The lowest BCUT2D eigenvalue weighted by molar-refractivity contribution is 0.670. The number of benzene rings is 2. The van der Waals surface area contributed by atoms with Crippen molar-refractivity contribution < 1.29 is 0 Å². The minimum absolute atomic E-state index is 1.22. The van der Waals surface area contributed by atoms with Gasteiger partial charge in [-0.1, -0.05) is 62.6 Å². The molecule has 4 aromatic rings. The fraction of sp³-hybridized carbons (Fsp3) is 0.273. The van der Waals surface area contributed by atoms with Crippen molar-refractivity contribution in [3.8, 4) is 10.4 Å². The number of para-hydroxylation sites is 2. The van der Waals surface area contributed by atoms with Crippen LogP contribution in [0.5, 0.6) is 0 Å². The molecule has 24 heavy (non-hydrogen) atoms. The first kappa shape index (κ1) is 15.5. The van der Waals surface area contributed by atoms with Crippen LogP contribution in [0.3, 0.4) is 0 Å². The van der Waals surface area contributed by atoms with Crippen molar-refractivity contribution in [2.24, 2.45) is 0 Å². The summed E-state index contributed by atoms with van der Waals surface area (Å²) < 4.78 is 0. The van der Waals surface area contributed by atoms with E-state index < -0.39 is 0 Å². The molecular weight excluding hydrogens is 310 g/mol. The molecule has 2 heterocycles. The predicted molar refractivity (Wildman–Crippen MR) is 107 cm³/mol. The minimum Gasteiger partial charge on any atom is -0.354 e. The largest absolute Gasteiger partial charge is 0.354 e. The highest BCUT2D eigenvalue weighted by molar-refractivity contribution is 7.15. The Labute approximate surface area is 147 Å². The number of rotatable bonds is 6. The summed E-state index contributed by atoms with van der Waals surface area (Å²) >= 11 is 1.95. The Kier molecular flexibility index (Phi) is 4.40. The highest BCUT2D eigenvalue weighted by Crippen LogP contribution is 2.36. The standard InChI is InChI=1S/C22H23NS/c1-2-3-4-5-9-16-14-15-21(24-16)19-12-8-11-18-17-10-6-7-13-20(17)23-22(18)19/h6-8,10-15,23H,2-5,9H2,1H3. The van der Waals surface area contributed by atoms with Gasteiger partial charge in [-0.3, -0.25) is 0 Å². The second-order valence-corrected chi connectivity index (χ2v) is 7.64. The summed E-state index contributed by atoms with van der Waals surface area (Å²) in [7, 11) is 0.